The summed E-state index contributed by atoms with van der Waals surface area (Å²) in [6, 6.07) is 0. The largest absolute Gasteiger partial charge is 0.0654 e. The van der Waals surface area contributed by atoms with Gasteiger partial charge >= 0.3 is 0 Å². The van der Waals surface area contributed by atoms with Gasteiger partial charge in [-0.05, 0) is 29.6 Å². The van der Waals surface area contributed by atoms with Crippen molar-refractivity contribution in [2.24, 2.45) is 23.2 Å². The van der Waals surface area contributed by atoms with Crippen molar-refractivity contribution in [2.75, 3.05) is 0 Å². The van der Waals surface area contributed by atoms with Crippen LogP contribution in [0.4, 0.5) is 0 Å². The van der Waals surface area contributed by atoms with Crippen molar-refractivity contribution >= 4 is 0 Å². The van der Waals surface area contributed by atoms with E-state index in [0.29, 0.717) is 0 Å². The Kier molecular flexibility index (Phi) is 3.43. The Morgan fingerprint density at radius 2 is 1.69 bits per heavy atom. The lowest BCUT2D eigenvalue weighted by molar-refractivity contribution is 0.258. The highest BCUT2D eigenvalue weighted by Crippen LogP contribution is 2.65. The summed E-state index contributed by atoms with van der Waals surface area (Å²) in [6.45, 7) is 12.0. The van der Waals surface area contributed by atoms with Crippen LogP contribution in [0.15, 0.2) is 0 Å². The van der Waals surface area contributed by atoms with E-state index in [9.17, 15) is 0 Å². The van der Waals surface area contributed by atoms with Crippen molar-refractivity contribution < 1.29 is 0 Å². The molecule has 1 rings (SSSR count). The van der Waals surface area contributed by atoms with Crippen LogP contribution in [0, 0.1) is 23.2 Å². The molecule has 0 spiro atoms. The van der Waals surface area contributed by atoms with Gasteiger partial charge in [-0.2, -0.15) is 0 Å². The molecule has 1 saturated carbocycles. The van der Waals surface area contributed by atoms with E-state index in [-0.39, 0.29) is 0 Å². The molecule has 3 unspecified atom stereocenters. The summed E-state index contributed by atoms with van der Waals surface area (Å²) in [5.41, 5.74) is 0.717. The third-order valence-electron chi connectivity index (χ3n) is 4.86. The van der Waals surface area contributed by atoms with Crippen LogP contribution >= 0.6 is 0 Å². The molecule has 1 aliphatic rings. The minimum atomic E-state index is 0.717. The zero-order valence-electron chi connectivity index (χ0n) is 10.1. The molecule has 1 aliphatic carbocycles. The van der Waals surface area contributed by atoms with Crippen LogP contribution in [0.1, 0.15) is 60.3 Å². The second kappa shape index (κ2) is 4.02. The monoisotopic (exact) mass is 182 g/mol. The van der Waals surface area contributed by atoms with Gasteiger partial charge in [0.2, 0.25) is 0 Å². The van der Waals surface area contributed by atoms with Crippen LogP contribution in [0.2, 0.25) is 0 Å². The molecule has 0 radical (unpaired) electrons. The number of hydrogen-bond acceptors (Lipinski definition) is 0. The second-order valence-corrected chi connectivity index (χ2v) is 5.09. The standard InChI is InChI=1S/C13H26/c1-6-8-9-10(3)13(7-2)11(4)12(13)5/h10-12H,6-9H2,1-5H3. The van der Waals surface area contributed by atoms with Gasteiger partial charge in [0.1, 0.15) is 0 Å². The zero-order chi connectivity index (χ0) is 10.1. The molecular weight excluding hydrogens is 156 g/mol. The fourth-order valence-corrected chi connectivity index (χ4v) is 3.56. The summed E-state index contributed by atoms with van der Waals surface area (Å²) < 4.78 is 0. The Labute approximate surface area is 84.1 Å². The van der Waals surface area contributed by atoms with E-state index in [1.165, 1.54) is 25.7 Å². The van der Waals surface area contributed by atoms with Crippen LogP contribution in [-0.4, -0.2) is 0 Å². The molecule has 0 nitrogen and oxygen atoms in total. The van der Waals surface area contributed by atoms with E-state index in [1.807, 2.05) is 0 Å². The summed E-state index contributed by atoms with van der Waals surface area (Å²) in [6.07, 6.45) is 5.61. The molecule has 0 aliphatic heterocycles. The molecule has 78 valence electrons. The number of hydrogen-bond donors (Lipinski definition) is 0. The lowest BCUT2D eigenvalue weighted by Crippen LogP contribution is -2.15. The molecule has 3 atom stereocenters. The van der Waals surface area contributed by atoms with Gasteiger partial charge < -0.3 is 0 Å². The average Bonchev–Trinajstić information content (AvgIpc) is 2.67. The van der Waals surface area contributed by atoms with Gasteiger partial charge in [0.25, 0.3) is 0 Å². The molecule has 0 heteroatoms. The fraction of sp³-hybridized carbons (Fsp3) is 1.00. The van der Waals surface area contributed by atoms with Gasteiger partial charge in [-0.3, -0.25) is 0 Å². The van der Waals surface area contributed by atoms with E-state index in [1.54, 1.807) is 0 Å². The van der Waals surface area contributed by atoms with Crippen molar-refractivity contribution in [3.05, 3.63) is 0 Å². The van der Waals surface area contributed by atoms with Gasteiger partial charge in [0.15, 0.2) is 0 Å². The Bertz CT molecular complexity index is 151. The number of unbranched alkanes of at least 4 members (excludes halogenated alkanes) is 1. The lowest BCUT2D eigenvalue weighted by Gasteiger charge is -2.24. The van der Waals surface area contributed by atoms with Crippen molar-refractivity contribution in [3.8, 4) is 0 Å². The maximum Gasteiger partial charge on any atom is -0.0218 e. The van der Waals surface area contributed by atoms with E-state index >= 15 is 0 Å². The molecular formula is C13H26. The van der Waals surface area contributed by atoms with Crippen LogP contribution in [-0.2, 0) is 0 Å². The molecule has 0 aromatic rings. The molecule has 0 N–H and O–H groups in total. The van der Waals surface area contributed by atoms with Gasteiger partial charge in [0.05, 0.1) is 0 Å². The first-order valence-electron chi connectivity index (χ1n) is 6.11. The van der Waals surface area contributed by atoms with Crippen LogP contribution in [0.5, 0.6) is 0 Å². The molecule has 0 bridgehead atoms. The highest BCUT2D eigenvalue weighted by atomic mass is 14.6. The minimum Gasteiger partial charge on any atom is -0.0654 e. The van der Waals surface area contributed by atoms with E-state index in [2.05, 4.69) is 34.6 Å². The maximum atomic E-state index is 2.47. The maximum absolute atomic E-state index is 2.47. The highest BCUT2D eigenvalue weighted by Gasteiger charge is 2.59. The van der Waals surface area contributed by atoms with Crippen molar-refractivity contribution in [3.63, 3.8) is 0 Å². The molecule has 0 amide bonds. The first-order valence-corrected chi connectivity index (χ1v) is 6.11. The predicted octanol–water partition coefficient (Wildman–Crippen LogP) is 4.49. The van der Waals surface area contributed by atoms with Crippen molar-refractivity contribution in [1.82, 2.24) is 0 Å². The molecule has 0 aromatic carbocycles. The summed E-state index contributed by atoms with van der Waals surface area (Å²) in [4.78, 5) is 0. The molecule has 13 heavy (non-hydrogen) atoms. The lowest BCUT2D eigenvalue weighted by atomic mass is 9.81. The number of rotatable bonds is 5. The summed E-state index contributed by atoms with van der Waals surface area (Å²) >= 11 is 0. The zero-order valence-corrected chi connectivity index (χ0v) is 10.1. The first-order chi connectivity index (χ1) is 6.11. The fourth-order valence-electron chi connectivity index (χ4n) is 3.56. The minimum absolute atomic E-state index is 0.717. The van der Waals surface area contributed by atoms with Crippen LogP contribution in [0.25, 0.3) is 0 Å². The van der Waals surface area contributed by atoms with Gasteiger partial charge in [-0.25, -0.2) is 0 Å². The smallest absolute Gasteiger partial charge is 0.0218 e. The quantitative estimate of drug-likeness (QED) is 0.587. The van der Waals surface area contributed by atoms with Crippen LogP contribution < -0.4 is 0 Å². The van der Waals surface area contributed by atoms with E-state index in [4.69, 9.17) is 0 Å². The van der Waals surface area contributed by atoms with Crippen molar-refractivity contribution in [2.45, 2.75) is 60.3 Å². The third-order valence-corrected chi connectivity index (χ3v) is 4.86. The Balaban J connectivity index is 2.49. The van der Waals surface area contributed by atoms with Gasteiger partial charge in [0, 0.05) is 0 Å². The molecule has 0 aromatic heterocycles. The second-order valence-electron chi connectivity index (χ2n) is 5.09. The molecule has 1 fully saturated rings. The topological polar surface area (TPSA) is 0 Å². The Morgan fingerprint density at radius 3 is 2.00 bits per heavy atom. The normalized spacial score (nSPS) is 40.4. The third kappa shape index (κ3) is 1.65. The van der Waals surface area contributed by atoms with Gasteiger partial charge in [-0.15, -0.1) is 0 Å². The summed E-state index contributed by atoms with van der Waals surface area (Å²) in [5, 5.41) is 0. The predicted molar refractivity (Wildman–Crippen MR) is 59.7 cm³/mol. The SMILES string of the molecule is CCCCC(C)C1(CC)C(C)C1C. The molecule has 0 saturated heterocycles. The van der Waals surface area contributed by atoms with Crippen molar-refractivity contribution in [1.29, 1.82) is 0 Å². The Hall–Kier alpha value is 0. The average molecular weight is 182 g/mol. The first kappa shape index (κ1) is 11.1. The summed E-state index contributed by atoms with van der Waals surface area (Å²) in [7, 11) is 0. The summed E-state index contributed by atoms with van der Waals surface area (Å²) in [5.74, 6) is 2.90. The van der Waals surface area contributed by atoms with Crippen LogP contribution in [0.3, 0.4) is 0 Å². The molecule has 0 heterocycles. The van der Waals surface area contributed by atoms with Gasteiger partial charge in [-0.1, -0.05) is 53.9 Å². The van der Waals surface area contributed by atoms with E-state index in [0.717, 1.165) is 23.2 Å². The Morgan fingerprint density at radius 1 is 1.15 bits per heavy atom. The van der Waals surface area contributed by atoms with E-state index < -0.39 is 0 Å². The highest BCUT2D eigenvalue weighted by molar-refractivity contribution is 5.07.